The number of fused-ring (bicyclic) bond motifs is 2. The third kappa shape index (κ3) is 3.02. The van der Waals surface area contributed by atoms with Crippen LogP contribution in [0.1, 0.15) is 21.5 Å². The minimum Gasteiger partial charge on any atom is -0.378 e. The van der Waals surface area contributed by atoms with E-state index in [9.17, 15) is 4.79 Å². The highest BCUT2D eigenvalue weighted by Gasteiger charge is 2.24. The molecule has 1 amide bonds. The molecule has 1 aromatic heterocycles. The first-order valence-corrected chi connectivity index (χ1v) is 9.84. The molecule has 5 nitrogen and oxygen atoms in total. The lowest BCUT2D eigenvalue weighted by Crippen LogP contribution is -2.40. The number of pyridine rings is 1. The van der Waals surface area contributed by atoms with E-state index in [0.717, 1.165) is 35.6 Å². The van der Waals surface area contributed by atoms with Gasteiger partial charge in [0.2, 0.25) is 0 Å². The molecular formula is C23H23N3O2. The molecule has 0 N–H and O–H groups in total. The van der Waals surface area contributed by atoms with E-state index in [0.29, 0.717) is 26.3 Å². The third-order valence-electron chi connectivity index (χ3n) is 5.61. The summed E-state index contributed by atoms with van der Waals surface area (Å²) in [6.07, 6.45) is 0.987. The first kappa shape index (κ1) is 17.2. The third-order valence-corrected chi connectivity index (χ3v) is 5.61. The second kappa shape index (κ2) is 6.91. The van der Waals surface area contributed by atoms with Gasteiger partial charge in [-0.15, -0.1) is 0 Å². The molecule has 0 unspecified atom stereocenters. The van der Waals surface area contributed by atoms with Gasteiger partial charge in [-0.2, -0.15) is 0 Å². The zero-order valence-corrected chi connectivity index (χ0v) is 16.0. The van der Waals surface area contributed by atoms with Gasteiger partial charge in [0.1, 0.15) is 5.82 Å². The summed E-state index contributed by atoms with van der Waals surface area (Å²) in [5.74, 6) is 1.11. The molecule has 0 saturated carbocycles. The monoisotopic (exact) mass is 373 g/mol. The fourth-order valence-electron chi connectivity index (χ4n) is 4.05. The standard InChI is InChI=1S/C23H23N3O2/c1-16-2-3-18-15-19-8-9-26(22(19)24-21(18)14-16)20-6-4-17(5-7-20)23(27)25-10-12-28-13-11-25/h2-7,14-15H,8-13H2,1H3. The highest BCUT2D eigenvalue weighted by atomic mass is 16.5. The van der Waals surface area contributed by atoms with Crippen molar-refractivity contribution in [2.24, 2.45) is 0 Å². The zero-order valence-electron chi connectivity index (χ0n) is 16.0. The zero-order chi connectivity index (χ0) is 19.1. The normalized spacial score (nSPS) is 16.5. The molecule has 3 heterocycles. The summed E-state index contributed by atoms with van der Waals surface area (Å²) in [7, 11) is 0. The van der Waals surface area contributed by atoms with Gasteiger partial charge in [-0.05, 0) is 60.9 Å². The van der Waals surface area contributed by atoms with Crippen molar-refractivity contribution in [3.8, 4) is 0 Å². The minimum atomic E-state index is 0.0799. The van der Waals surface area contributed by atoms with Crippen molar-refractivity contribution >= 4 is 28.3 Å². The fraction of sp³-hybridized carbons (Fsp3) is 0.304. The molecule has 0 aliphatic carbocycles. The number of hydrogen-bond acceptors (Lipinski definition) is 4. The van der Waals surface area contributed by atoms with Crippen LogP contribution in [0.4, 0.5) is 11.5 Å². The number of rotatable bonds is 2. The van der Waals surface area contributed by atoms with Gasteiger partial charge in [0.25, 0.3) is 5.91 Å². The van der Waals surface area contributed by atoms with Crippen LogP contribution in [0.15, 0.2) is 48.5 Å². The predicted molar refractivity (Wildman–Crippen MR) is 110 cm³/mol. The van der Waals surface area contributed by atoms with Crippen molar-refractivity contribution < 1.29 is 9.53 Å². The quantitative estimate of drug-likeness (QED) is 0.687. The van der Waals surface area contributed by atoms with Crippen molar-refractivity contribution in [1.82, 2.24) is 9.88 Å². The Morgan fingerprint density at radius 3 is 2.57 bits per heavy atom. The second-order valence-corrected chi connectivity index (χ2v) is 7.52. The van der Waals surface area contributed by atoms with Crippen molar-refractivity contribution in [2.45, 2.75) is 13.3 Å². The van der Waals surface area contributed by atoms with Crippen LogP contribution >= 0.6 is 0 Å². The van der Waals surface area contributed by atoms with E-state index in [1.807, 2.05) is 29.2 Å². The molecule has 2 aromatic carbocycles. The summed E-state index contributed by atoms with van der Waals surface area (Å²) < 4.78 is 5.34. The number of amides is 1. The molecule has 1 fully saturated rings. The number of nitrogens with zero attached hydrogens (tertiary/aromatic N) is 3. The molecule has 5 rings (SSSR count). The molecule has 5 heteroatoms. The molecule has 142 valence electrons. The lowest BCUT2D eigenvalue weighted by molar-refractivity contribution is 0.0303. The minimum absolute atomic E-state index is 0.0799. The number of aryl methyl sites for hydroxylation is 1. The van der Waals surface area contributed by atoms with Crippen LogP contribution in [0.3, 0.4) is 0 Å². The Bertz CT molecular complexity index is 1040. The molecule has 0 atom stereocenters. The highest BCUT2D eigenvalue weighted by molar-refractivity contribution is 5.95. The van der Waals surface area contributed by atoms with Crippen LogP contribution in [-0.4, -0.2) is 48.6 Å². The van der Waals surface area contributed by atoms with Gasteiger partial charge in [-0.25, -0.2) is 4.98 Å². The number of benzene rings is 2. The van der Waals surface area contributed by atoms with Gasteiger partial charge in [-0.3, -0.25) is 4.79 Å². The summed E-state index contributed by atoms with van der Waals surface area (Å²) in [5, 5.41) is 1.19. The Balaban J connectivity index is 1.42. The number of hydrogen-bond donors (Lipinski definition) is 0. The molecule has 28 heavy (non-hydrogen) atoms. The molecule has 0 spiro atoms. The van der Waals surface area contributed by atoms with E-state index in [1.54, 1.807) is 0 Å². The van der Waals surface area contributed by atoms with Gasteiger partial charge in [0, 0.05) is 36.3 Å². The average molecular weight is 373 g/mol. The Labute approximate surface area is 164 Å². The van der Waals surface area contributed by atoms with Crippen LogP contribution in [0, 0.1) is 6.92 Å². The van der Waals surface area contributed by atoms with Crippen LogP contribution < -0.4 is 4.90 Å². The first-order valence-electron chi connectivity index (χ1n) is 9.84. The molecule has 2 aliphatic heterocycles. The van der Waals surface area contributed by atoms with Gasteiger partial charge < -0.3 is 14.5 Å². The molecule has 1 saturated heterocycles. The van der Waals surface area contributed by atoms with Crippen LogP contribution in [-0.2, 0) is 11.2 Å². The number of carbonyl (C=O) groups excluding carboxylic acids is 1. The van der Waals surface area contributed by atoms with E-state index < -0.39 is 0 Å². The predicted octanol–water partition coefficient (Wildman–Crippen LogP) is 3.71. The average Bonchev–Trinajstić information content (AvgIpc) is 3.15. The maximum Gasteiger partial charge on any atom is 0.254 e. The van der Waals surface area contributed by atoms with E-state index in [-0.39, 0.29) is 5.91 Å². The van der Waals surface area contributed by atoms with E-state index in [4.69, 9.17) is 9.72 Å². The van der Waals surface area contributed by atoms with Crippen LogP contribution in [0.5, 0.6) is 0 Å². The van der Waals surface area contributed by atoms with E-state index >= 15 is 0 Å². The molecule has 0 radical (unpaired) electrons. The Hall–Kier alpha value is -2.92. The molecule has 0 bridgehead atoms. The van der Waals surface area contributed by atoms with Crippen LogP contribution in [0.25, 0.3) is 10.9 Å². The molecular weight excluding hydrogens is 350 g/mol. The second-order valence-electron chi connectivity index (χ2n) is 7.52. The van der Waals surface area contributed by atoms with Crippen molar-refractivity contribution in [3.63, 3.8) is 0 Å². The lowest BCUT2D eigenvalue weighted by Gasteiger charge is -2.27. The largest absolute Gasteiger partial charge is 0.378 e. The number of carbonyl (C=O) groups is 1. The maximum atomic E-state index is 12.7. The SMILES string of the molecule is Cc1ccc2cc3c(nc2c1)N(c1ccc(C(=O)N2CCOCC2)cc1)CC3. The Morgan fingerprint density at radius 1 is 1.00 bits per heavy atom. The van der Waals surface area contributed by atoms with Gasteiger partial charge in [0.15, 0.2) is 0 Å². The summed E-state index contributed by atoms with van der Waals surface area (Å²) in [5.41, 5.74) is 5.34. The topological polar surface area (TPSA) is 45.7 Å². The Morgan fingerprint density at radius 2 is 1.79 bits per heavy atom. The maximum absolute atomic E-state index is 12.7. The summed E-state index contributed by atoms with van der Waals surface area (Å²) in [6, 6.07) is 16.6. The van der Waals surface area contributed by atoms with Crippen molar-refractivity contribution in [3.05, 3.63) is 65.2 Å². The van der Waals surface area contributed by atoms with Crippen molar-refractivity contribution in [1.29, 1.82) is 0 Å². The summed E-state index contributed by atoms with van der Waals surface area (Å²) in [4.78, 5) is 21.7. The van der Waals surface area contributed by atoms with E-state index in [2.05, 4.69) is 36.1 Å². The fourth-order valence-corrected chi connectivity index (χ4v) is 4.05. The number of ether oxygens (including phenoxy) is 1. The number of aromatic nitrogens is 1. The van der Waals surface area contributed by atoms with Crippen molar-refractivity contribution in [2.75, 3.05) is 37.7 Å². The van der Waals surface area contributed by atoms with Gasteiger partial charge in [-0.1, -0.05) is 12.1 Å². The first-order chi connectivity index (χ1) is 13.7. The number of morpholine rings is 1. The Kier molecular flexibility index (Phi) is 4.24. The lowest BCUT2D eigenvalue weighted by atomic mass is 10.1. The van der Waals surface area contributed by atoms with E-state index in [1.165, 1.54) is 16.5 Å². The van der Waals surface area contributed by atoms with Crippen LogP contribution in [0.2, 0.25) is 0 Å². The smallest absolute Gasteiger partial charge is 0.254 e. The molecule has 3 aromatic rings. The summed E-state index contributed by atoms with van der Waals surface area (Å²) >= 11 is 0. The number of anilines is 2. The summed E-state index contributed by atoms with van der Waals surface area (Å²) in [6.45, 7) is 5.57. The molecule has 2 aliphatic rings. The highest BCUT2D eigenvalue weighted by Crippen LogP contribution is 2.35. The van der Waals surface area contributed by atoms with Gasteiger partial charge >= 0.3 is 0 Å². The van der Waals surface area contributed by atoms with Gasteiger partial charge in [0.05, 0.1) is 18.7 Å².